The Morgan fingerprint density at radius 3 is 2.61 bits per heavy atom. The minimum Gasteiger partial charge on any atom is -0.611 e. The van der Waals surface area contributed by atoms with Crippen molar-refractivity contribution in [2.75, 3.05) is 18.3 Å². The van der Waals surface area contributed by atoms with Gasteiger partial charge in [-0.3, -0.25) is 0 Å². The Labute approximate surface area is 203 Å². The molecule has 4 aromatic rings. The van der Waals surface area contributed by atoms with E-state index in [0.29, 0.717) is 22.0 Å². The van der Waals surface area contributed by atoms with Crippen LogP contribution >= 0.6 is 23.1 Å². The number of nitrogens with zero attached hydrogens (tertiary/aromatic N) is 3. The summed E-state index contributed by atoms with van der Waals surface area (Å²) in [6.07, 6.45) is 1.71. The van der Waals surface area contributed by atoms with Gasteiger partial charge >= 0.3 is 0 Å². The number of rotatable bonds is 9. The van der Waals surface area contributed by atoms with Crippen LogP contribution in [0.5, 0.6) is 5.75 Å². The first-order chi connectivity index (χ1) is 16.2. The van der Waals surface area contributed by atoms with Crippen LogP contribution in [0.4, 0.5) is 0 Å². The molecule has 1 atom stereocenters. The zero-order valence-electron chi connectivity index (χ0n) is 17.4. The van der Waals surface area contributed by atoms with E-state index in [2.05, 4.69) is 11.1 Å². The number of thiazole rings is 1. The van der Waals surface area contributed by atoms with Gasteiger partial charge in [0.05, 0.1) is 12.2 Å². The monoisotopic (exact) mass is 493 g/mol. The molecule has 2 aromatic carbocycles. The molecule has 0 fully saturated rings. The lowest BCUT2D eigenvalue weighted by Gasteiger charge is -2.13. The molecule has 33 heavy (non-hydrogen) atoms. The highest BCUT2D eigenvalue weighted by Crippen LogP contribution is 2.36. The zero-order valence-corrected chi connectivity index (χ0v) is 19.8. The number of thioether (sulfide) groups is 1. The highest BCUT2D eigenvalue weighted by molar-refractivity contribution is 8.12. The summed E-state index contributed by atoms with van der Waals surface area (Å²) in [6.45, 7) is 0.151. The summed E-state index contributed by atoms with van der Waals surface area (Å²) in [7, 11) is 0. The topological polar surface area (TPSA) is 102 Å². The molecular formula is C24H19N3O3S3. The molecule has 1 N–H and O–H groups in total. The number of pyridine rings is 1. The molecule has 0 saturated carbocycles. The average Bonchev–Trinajstić information content (AvgIpc) is 3.41. The maximum atomic E-state index is 12.7. The molecule has 166 valence electrons. The second kappa shape index (κ2) is 11.3. The smallest absolute Gasteiger partial charge is 0.162 e. The maximum Gasteiger partial charge on any atom is 0.162 e. The lowest BCUT2D eigenvalue weighted by atomic mass is 10.0. The van der Waals surface area contributed by atoms with E-state index in [1.165, 1.54) is 23.1 Å². The van der Waals surface area contributed by atoms with Crippen LogP contribution in [0.25, 0.3) is 21.8 Å². The van der Waals surface area contributed by atoms with Gasteiger partial charge in [-0.15, -0.1) is 11.3 Å². The van der Waals surface area contributed by atoms with Crippen molar-refractivity contribution in [3.8, 4) is 33.6 Å². The Balaban J connectivity index is 1.70. The number of hydrogen-bond acceptors (Lipinski definition) is 8. The third-order valence-electron chi connectivity index (χ3n) is 4.58. The number of ether oxygens (including phenoxy) is 1. The minimum atomic E-state index is -1.23. The largest absolute Gasteiger partial charge is 0.611 e. The molecule has 0 aliphatic rings. The van der Waals surface area contributed by atoms with Gasteiger partial charge in [-0.2, -0.15) is 5.26 Å². The van der Waals surface area contributed by atoms with Gasteiger partial charge in [0.1, 0.15) is 34.2 Å². The van der Waals surface area contributed by atoms with Gasteiger partial charge in [-0.05, 0) is 47.1 Å². The highest BCUT2D eigenvalue weighted by Gasteiger charge is 2.20. The molecule has 0 spiro atoms. The molecule has 6 nitrogen and oxygen atoms in total. The van der Waals surface area contributed by atoms with E-state index in [4.69, 9.17) is 14.8 Å². The van der Waals surface area contributed by atoms with Crippen molar-refractivity contribution < 1.29 is 14.4 Å². The van der Waals surface area contributed by atoms with Crippen LogP contribution in [0.2, 0.25) is 0 Å². The SMILES string of the molecule is N#Cc1c(-c2ccc(OCCO)cc2)cc(-c2nccs2)nc1SC[S+]([O-])c1ccccc1. The highest BCUT2D eigenvalue weighted by atomic mass is 32.3. The van der Waals surface area contributed by atoms with E-state index in [0.717, 1.165) is 21.0 Å². The molecule has 1 unspecified atom stereocenters. The van der Waals surface area contributed by atoms with Crippen molar-refractivity contribution >= 4 is 34.3 Å². The average molecular weight is 494 g/mol. The normalized spacial score (nSPS) is 11.7. The van der Waals surface area contributed by atoms with Crippen LogP contribution in [-0.2, 0) is 11.2 Å². The van der Waals surface area contributed by atoms with Gasteiger partial charge in [0.15, 0.2) is 9.98 Å². The number of benzene rings is 2. The van der Waals surface area contributed by atoms with Gasteiger partial charge in [0.25, 0.3) is 0 Å². The van der Waals surface area contributed by atoms with Crippen LogP contribution in [0.1, 0.15) is 5.56 Å². The first-order valence-electron chi connectivity index (χ1n) is 9.95. The van der Waals surface area contributed by atoms with E-state index >= 15 is 0 Å². The molecule has 2 aromatic heterocycles. The summed E-state index contributed by atoms with van der Waals surface area (Å²) in [4.78, 5) is 9.80. The summed E-state index contributed by atoms with van der Waals surface area (Å²) >= 11 is 1.53. The van der Waals surface area contributed by atoms with Crippen molar-refractivity contribution in [1.29, 1.82) is 5.26 Å². The first-order valence-corrected chi connectivity index (χ1v) is 13.1. The van der Waals surface area contributed by atoms with Gasteiger partial charge < -0.3 is 14.4 Å². The number of aliphatic hydroxyl groups is 1. The third kappa shape index (κ3) is 5.74. The second-order valence-electron chi connectivity index (χ2n) is 6.70. The van der Waals surface area contributed by atoms with Gasteiger partial charge in [0.2, 0.25) is 0 Å². The number of nitriles is 1. The molecule has 0 saturated heterocycles. The summed E-state index contributed by atoms with van der Waals surface area (Å²) in [5.74, 6) is 0.633. The summed E-state index contributed by atoms with van der Waals surface area (Å²) in [5, 5.41) is 22.4. The standard InChI is InChI=1S/C24H19N3O3S3/c25-15-21-20(17-6-8-18(9-7-17)30-12-11-28)14-22(24-26-10-13-31-24)27-23(21)32-16-33(29)19-4-2-1-3-5-19/h1-10,13-14,28H,11-12,16H2. The van der Waals surface area contributed by atoms with E-state index in [9.17, 15) is 9.81 Å². The zero-order chi connectivity index (χ0) is 23.0. The fourth-order valence-corrected chi connectivity index (χ4v) is 6.01. The summed E-state index contributed by atoms with van der Waals surface area (Å²) in [6, 6.07) is 20.7. The number of hydrogen-bond donors (Lipinski definition) is 1. The van der Waals surface area contributed by atoms with E-state index in [1.54, 1.807) is 18.3 Å². The lowest BCUT2D eigenvalue weighted by Crippen LogP contribution is -2.05. The van der Waals surface area contributed by atoms with Gasteiger partial charge in [0, 0.05) is 17.1 Å². The molecule has 2 heterocycles. The fraction of sp³-hybridized carbons (Fsp3) is 0.125. The molecule has 0 aliphatic heterocycles. The minimum absolute atomic E-state index is 0.0627. The van der Waals surface area contributed by atoms with E-state index < -0.39 is 11.2 Å². The second-order valence-corrected chi connectivity index (χ2v) is 10.4. The van der Waals surface area contributed by atoms with Crippen LogP contribution < -0.4 is 4.74 Å². The van der Waals surface area contributed by atoms with Crippen LogP contribution in [0.15, 0.2) is 82.2 Å². The Kier molecular flexibility index (Phi) is 7.99. The van der Waals surface area contributed by atoms with E-state index in [-0.39, 0.29) is 18.3 Å². The van der Waals surface area contributed by atoms with Crippen molar-refractivity contribution in [2.24, 2.45) is 0 Å². The third-order valence-corrected chi connectivity index (χ3v) is 8.07. The quantitative estimate of drug-likeness (QED) is 0.259. The molecule has 9 heteroatoms. The maximum absolute atomic E-state index is 12.7. The molecule has 0 bridgehead atoms. The van der Waals surface area contributed by atoms with E-state index in [1.807, 2.05) is 53.9 Å². The van der Waals surface area contributed by atoms with Crippen LogP contribution in [0, 0.1) is 11.3 Å². The molecule has 0 radical (unpaired) electrons. The van der Waals surface area contributed by atoms with Crippen molar-refractivity contribution in [2.45, 2.75) is 9.92 Å². The molecule has 0 amide bonds. The van der Waals surface area contributed by atoms with Crippen molar-refractivity contribution in [3.63, 3.8) is 0 Å². The molecule has 4 rings (SSSR count). The van der Waals surface area contributed by atoms with Crippen molar-refractivity contribution in [1.82, 2.24) is 9.97 Å². The fourth-order valence-electron chi connectivity index (χ4n) is 3.07. The predicted octanol–water partition coefficient (Wildman–Crippen LogP) is 4.97. The van der Waals surface area contributed by atoms with Crippen molar-refractivity contribution in [3.05, 3.63) is 77.8 Å². The Morgan fingerprint density at radius 1 is 1.15 bits per heavy atom. The predicted molar refractivity (Wildman–Crippen MR) is 132 cm³/mol. The summed E-state index contributed by atoms with van der Waals surface area (Å²) < 4.78 is 18.2. The van der Waals surface area contributed by atoms with Crippen LogP contribution in [0.3, 0.4) is 0 Å². The molecule has 0 aliphatic carbocycles. The van der Waals surface area contributed by atoms with Gasteiger partial charge in [-0.1, -0.05) is 42.1 Å². The lowest BCUT2D eigenvalue weighted by molar-refractivity contribution is 0.201. The summed E-state index contributed by atoms with van der Waals surface area (Å²) in [5.41, 5.74) is 2.63. The first kappa shape index (κ1) is 23.3. The van der Waals surface area contributed by atoms with Gasteiger partial charge in [-0.25, -0.2) is 9.97 Å². The van der Waals surface area contributed by atoms with Crippen LogP contribution in [-0.4, -0.2) is 37.9 Å². The Morgan fingerprint density at radius 2 is 1.94 bits per heavy atom. The number of aromatic nitrogens is 2. The Bertz CT molecular complexity index is 1230. The number of aliphatic hydroxyl groups excluding tert-OH is 1. The Hall–Kier alpha value is -2.87. The molecular weight excluding hydrogens is 474 g/mol.